The van der Waals surface area contributed by atoms with Crippen LogP contribution in [-0.4, -0.2) is 36.2 Å². The van der Waals surface area contributed by atoms with E-state index in [0.717, 1.165) is 59.7 Å². The van der Waals surface area contributed by atoms with Crippen molar-refractivity contribution in [3.05, 3.63) is 40.5 Å². The minimum Gasteiger partial charge on any atom is -0.381 e. The third kappa shape index (κ3) is 3.05. The third-order valence-electron chi connectivity index (χ3n) is 4.39. The lowest BCUT2D eigenvalue weighted by molar-refractivity contribution is 0.0385. The maximum absolute atomic E-state index is 6.53. The fourth-order valence-corrected chi connectivity index (χ4v) is 3.24. The summed E-state index contributed by atoms with van der Waals surface area (Å²) in [4.78, 5) is 7.18. The van der Waals surface area contributed by atoms with Crippen molar-refractivity contribution in [2.75, 3.05) is 20.2 Å². The van der Waals surface area contributed by atoms with E-state index in [1.807, 2.05) is 12.1 Å². The average Bonchev–Trinajstić information content (AvgIpc) is 2.53. The lowest BCUT2D eigenvalue weighted by atomic mass is 10.1. The van der Waals surface area contributed by atoms with Crippen LogP contribution in [0.1, 0.15) is 24.1 Å². The second kappa shape index (κ2) is 6.30. The number of aryl methyl sites for hydroxylation is 1. The second-order valence-corrected chi connectivity index (χ2v) is 6.10. The molecule has 1 aliphatic heterocycles. The summed E-state index contributed by atoms with van der Waals surface area (Å²) in [6.45, 7) is 4.98. The van der Waals surface area contributed by atoms with Crippen LogP contribution in [0.2, 0.25) is 5.02 Å². The lowest BCUT2D eigenvalue weighted by Crippen LogP contribution is -2.36. The number of halogens is 1. The fraction of sp³-hybridized carbons (Fsp3) is 0.471. The fourth-order valence-electron chi connectivity index (χ4n) is 3.04. The maximum Gasteiger partial charge on any atom is 0.0740 e. The van der Waals surface area contributed by atoms with E-state index < -0.39 is 0 Å². The number of pyridine rings is 1. The SMILES string of the molecule is COC1CCN(Cc2nc3ccccc3c(C)c2Cl)CC1. The van der Waals surface area contributed by atoms with Crippen molar-refractivity contribution in [2.24, 2.45) is 0 Å². The number of ether oxygens (including phenoxy) is 1. The summed E-state index contributed by atoms with van der Waals surface area (Å²) < 4.78 is 5.42. The Hall–Kier alpha value is -1.16. The molecule has 1 saturated heterocycles. The zero-order valence-electron chi connectivity index (χ0n) is 12.6. The monoisotopic (exact) mass is 304 g/mol. The van der Waals surface area contributed by atoms with E-state index in [1.54, 1.807) is 7.11 Å². The number of benzene rings is 1. The van der Waals surface area contributed by atoms with Crippen molar-refractivity contribution in [3.63, 3.8) is 0 Å². The van der Waals surface area contributed by atoms with Crippen molar-refractivity contribution in [1.29, 1.82) is 0 Å². The molecule has 1 fully saturated rings. The van der Waals surface area contributed by atoms with Crippen LogP contribution < -0.4 is 0 Å². The van der Waals surface area contributed by atoms with Gasteiger partial charge in [-0.3, -0.25) is 4.90 Å². The molecule has 21 heavy (non-hydrogen) atoms. The van der Waals surface area contributed by atoms with E-state index in [0.29, 0.717) is 6.10 Å². The van der Waals surface area contributed by atoms with Gasteiger partial charge in [0.1, 0.15) is 0 Å². The van der Waals surface area contributed by atoms with Crippen LogP contribution in [0.15, 0.2) is 24.3 Å². The molecule has 0 N–H and O–H groups in total. The van der Waals surface area contributed by atoms with Gasteiger partial charge in [-0.25, -0.2) is 4.98 Å². The van der Waals surface area contributed by atoms with Gasteiger partial charge in [0.05, 0.1) is 22.3 Å². The van der Waals surface area contributed by atoms with Crippen LogP contribution in [-0.2, 0) is 11.3 Å². The van der Waals surface area contributed by atoms with Gasteiger partial charge in [0.2, 0.25) is 0 Å². The van der Waals surface area contributed by atoms with E-state index in [-0.39, 0.29) is 0 Å². The molecule has 0 spiro atoms. The molecule has 3 nitrogen and oxygen atoms in total. The van der Waals surface area contributed by atoms with Crippen molar-refractivity contribution in [2.45, 2.75) is 32.4 Å². The molecule has 2 heterocycles. The van der Waals surface area contributed by atoms with Crippen LogP contribution in [0.25, 0.3) is 10.9 Å². The van der Waals surface area contributed by atoms with E-state index >= 15 is 0 Å². The van der Waals surface area contributed by atoms with Crippen LogP contribution in [0.4, 0.5) is 0 Å². The standard InChI is InChI=1S/C17H21ClN2O/c1-12-14-5-3-4-6-15(14)19-16(17(12)18)11-20-9-7-13(21-2)8-10-20/h3-6,13H,7-11H2,1-2H3. The van der Waals surface area contributed by atoms with Gasteiger partial charge < -0.3 is 4.74 Å². The molecule has 4 heteroatoms. The first-order valence-corrected chi connectivity index (χ1v) is 7.85. The summed E-state index contributed by atoms with van der Waals surface area (Å²) >= 11 is 6.53. The van der Waals surface area contributed by atoms with E-state index in [4.69, 9.17) is 21.3 Å². The number of aromatic nitrogens is 1. The third-order valence-corrected chi connectivity index (χ3v) is 4.89. The number of fused-ring (bicyclic) bond motifs is 1. The minimum atomic E-state index is 0.406. The number of hydrogen-bond acceptors (Lipinski definition) is 3. The summed E-state index contributed by atoms with van der Waals surface area (Å²) in [6, 6.07) is 8.19. The van der Waals surface area contributed by atoms with E-state index in [9.17, 15) is 0 Å². The topological polar surface area (TPSA) is 25.4 Å². The van der Waals surface area contributed by atoms with Crippen molar-refractivity contribution >= 4 is 22.5 Å². The van der Waals surface area contributed by atoms with Crippen molar-refractivity contribution in [1.82, 2.24) is 9.88 Å². The first-order chi connectivity index (χ1) is 10.2. The Labute approximate surface area is 130 Å². The van der Waals surface area contributed by atoms with Crippen LogP contribution in [0.5, 0.6) is 0 Å². The highest BCUT2D eigenvalue weighted by Gasteiger charge is 2.20. The first kappa shape index (κ1) is 14.8. The summed E-state index contributed by atoms with van der Waals surface area (Å²) in [5, 5.41) is 1.95. The summed E-state index contributed by atoms with van der Waals surface area (Å²) in [7, 11) is 1.80. The van der Waals surface area contributed by atoms with Gasteiger partial charge in [0.15, 0.2) is 0 Å². The highest BCUT2D eigenvalue weighted by molar-refractivity contribution is 6.32. The predicted octanol–water partition coefficient (Wildman–Crippen LogP) is 3.81. The Morgan fingerprint density at radius 2 is 2.00 bits per heavy atom. The number of para-hydroxylation sites is 1. The smallest absolute Gasteiger partial charge is 0.0740 e. The Morgan fingerprint density at radius 1 is 1.29 bits per heavy atom. The first-order valence-electron chi connectivity index (χ1n) is 7.48. The van der Waals surface area contributed by atoms with Crippen LogP contribution >= 0.6 is 11.6 Å². The van der Waals surface area contributed by atoms with Crippen LogP contribution in [0, 0.1) is 6.92 Å². The van der Waals surface area contributed by atoms with Crippen LogP contribution in [0.3, 0.4) is 0 Å². The number of hydrogen-bond donors (Lipinski definition) is 0. The predicted molar refractivity (Wildman–Crippen MR) is 86.8 cm³/mol. The Morgan fingerprint density at radius 3 is 2.71 bits per heavy atom. The zero-order valence-corrected chi connectivity index (χ0v) is 13.4. The number of nitrogens with zero attached hydrogens (tertiary/aromatic N) is 2. The molecule has 0 amide bonds. The molecule has 112 valence electrons. The van der Waals surface area contributed by atoms with Gasteiger partial charge >= 0.3 is 0 Å². The molecule has 0 radical (unpaired) electrons. The van der Waals surface area contributed by atoms with E-state index in [2.05, 4.69) is 24.0 Å². The van der Waals surface area contributed by atoms with E-state index in [1.165, 1.54) is 0 Å². The van der Waals surface area contributed by atoms with Gasteiger partial charge in [0, 0.05) is 32.1 Å². The zero-order chi connectivity index (χ0) is 14.8. The molecule has 1 aromatic carbocycles. The Bertz CT molecular complexity index is 636. The number of likely N-dealkylation sites (tertiary alicyclic amines) is 1. The molecule has 0 saturated carbocycles. The highest BCUT2D eigenvalue weighted by atomic mass is 35.5. The molecule has 3 rings (SSSR count). The molecule has 2 aromatic rings. The normalized spacial score (nSPS) is 17.5. The van der Waals surface area contributed by atoms with Gasteiger partial charge in [0.25, 0.3) is 0 Å². The number of methoxy groups -OCH3 is 1. The maximum atomic E-state index is 6.53. The van der Waals surface area contributed by atoms with Gasteiger partial charge in [-0.15, -0.1) is 0 Å². The Kier molecular flexibility index (Phi) is 4.43. The highest BCUT2D eigenvalue weighted by Crippen LogP contribution is 2.28. The quantitative estimate of drug-likeness (QED) is 0.862. The largest absolute Gasteiger partial charge is 0.381 e. The molecule has 1 aliphatic rings. The van der Waals surface area contributed by atoms with Gasteiger partial charge in [-0.05, 0) is 31.4 Å². The molecule has 0 bridgehead atoms. The Balaban J connectivity index is 1.83. The number of piperidine rings is 1. The van der Waals surface area contributed by atoms with Gasteiger partial charge in [-0.1, -0.05) is 29.8 Å². The second-order valence-electron chi connectivity index (χ2n) is 5.73. The molecule has 0 atom stereocenters. The van der Waals surface area contributed by atoms with Crippen molar-refractivity contribution < 1.29 is 4.74 Å². The summed E-state index contributed by atoms with van der Waals surface area (Å²) in [5.74, 6) is 0. The lowest BCUT2D eigenvalue weighted by Gasteiger charge is -2.31. The number of rotatable bonds is 3. The van der Waals surface area contributed by atoms with Gasteiger partial charge in [-0.2, -0.15) is 0 Å². The molecule has 0 unspecified atom stereocenters. The molecule has 1 aromatic heterocycles. The average molecular weight is 305 g/mol. The summed E-state index contributed by atoms with van der Waals surface area (Å²) in [6.07, 6.45) is 2.57. The molecular formula is C17H21ClN2O. The molecular weight excluding hydrogens is 284 g/mol. The van der Waals surface area contributed by atoms with Crippen molar-refractivity contribution in [3.8, 4) is 0 Å². The molecule has 0 aliphatic carbocycles. The minimum absolute atomic E-state index is 0.406. The summed E-state index contributed by atoms with van der Waals surface area (Å²) in [5.41, 5.74) is 3.15.